The third kappa shape index (κ3) is 4.18. The molecular weight excluding hydrogens is 290 g/mol. The van der Waals surface area contributed by atoms with E-state index in [1.807, 2.05) is 12.1 Å². The Hall–Kier alpha value is -1.60. The Morgan fingerprint density at radius 1 is 1.38 bits per heavy atom. The summed E-state index contributed by atoms with van der Waals surface area (Å²) in [5.74, 6) is 1.04. The average Bonchev–Trinajstić information content (AvgIpc) is 2.60. The second-order valence-electron chi connectivity index (χ2n) is 5.23. The molecule has 1 aliphatic heterocycles. The van der Waals surface area contributed by atoms with Crippen LogP contribution in [0.4, 0.5) is 0 Å². The predicted molar refractivity (Wildman–Crippen MR) is 82.6 cm³/mol. The van der Waals surface area contributed by atoms with E-state index in [2.05, 4.69) is 4.90 Å². The summed E-state index contributed by atoms with van der Waals surface area (Å²) in [6.07, 6.45) is 0.672. The van der Waals surface area contributed by atoms with E-state index in [0.29, 0.717) is 30.8 Å². The summed E-state index contributed by atoms with van der Waals surface area (Å²) in [4.78, 5) is 2.13. The minimum Gasteiger partial charge on any atom is -0.496 e. The van der Waals surface area contributed by atoms with E-state index >= 15 is 0 Å². The first-order valence-electron chi connectivity index (χ1n) is 6.85. The highest BCUT2D eigenvalue weighted by Crippen LogP contribution is 2.21. The fraction of sp³-hybridized carbons (Fsp3) is 0.500. The van der Waals surface area contributed by atoms with Crippen LogP contribution in [-0.4, -0.2) is 50.9 Å². The number of hydrogen-bond donors (Lipinski definition) is 2. The van der Waals surface area contributed by atoms with E-state index in [1.165, 1.54) is 0 Å². The van der Waals surface area contributed by atoms with Crippen LogP contribution in [0.2, 0.25) is 0 Å². The van der Waals surface area contributed by atoms with E-state index < -0.39 is 9.84 Å². The molecule has 1 fully saturated rings. The summed E-state index contributed by atoms with van der Waals surface area (Å²) in [5.41, 5.74) is 7.09. The van der Waals surface area contributed by atoms with Gasteiger partial charge in [-0.2, -0.15) is 0 Å². The van der Waals surface area contributed by atoms with Gasteiger partial charge in [0.05, 0.1) is 24.2 Å². The molecule has 0 bridgehead atoms. The van der Waals surface area contributed by atoms with E-state index in [-0.39, 0.29) is 17.3 Å². The lowest BCUT2D eigenvalue weighted by Crippen LogP contribution is -2.26. The van der Waals surface area contributed by atoms with E-state index in [4.69, 9.17) is 15.9 Å². The van der Waals surface area contributed by atoms with Crippen molar-refractivity contribution < 1.29 is 13.2 Å². The maximum absolute atomic E-state index is 11.6. The molecule has 1 aromatic carbocycles. The Labute approximate surface area is 125 Å². The Kier molecular flexibility index (Phi) is 4.84. The van der Waals surface area contributed by atoms with Gasteiger partial charge in [-0.05, 0) is 30.7 Å². The topological polar surface area (TPSA) is 96.5 Å². The fourth-order valence-electron chi connectivity index (χ4n) is 2.46. The number of nitrogens with zero attached hydrogens (tertiary/aromatic N) is 1. The molecule has 1 heterocycles. The van der Waals surface area contributed by atoms with Crippen LogP contribution < -0.4 is 10.5 Å². The highest BCUT2D eigenvalue weighted by molar-refractivity contribution is 7.91. The molecule has 21 heavy (non-hydrogen) atoms. The molecule has 0 amide bonds. The van der Waals surface area contributed by atoms with Crippen molar-refractivity contribution in [3.8, 4) is 5.75 Å². The summed E-state index contributed by atoms with van der Waals surface area (Å²) in [6, 6.07) is 5.53. The highest BCUT2D eigenvalue weighted by Gasteiger charge is 2.19. The van der Waals surface area contributed by atoms with E-state index in [9.17, 15) is 8.42 Å². The van der Waals surface area contributed by atoms with Gasteiger partial charge in [0.1, 0.15) is 11.6 Å². The van der Waals surface area contributed by atoms with Crippen LogP contribution in [0.5, 0.6) is 5.75 Å². The molecule has 1 aliphatic rings. The van der Waals surface area contributed by atoms with Crippen molar-refractivity contribution >= 4 is 15.7 Å². The number of ether oxygens (including phenoxy) is 1. The number of methoxy groups -OCH3 is 1. The Bertz CT molecular complexity index is 628. The number of nitrogens with two attached hydrogens (primary N) is 1. The van der Waals surface area contributed by atoms with Gasteiger partial charge in [0.2, 0.25) is 0 Å². The molecule has 6 nitrogen and oxygen atoms in total. The minimum atomic E-state index is -2.89. The molecule has 0 unspecified atom stereocenters. The van der Waals surface area contributed by atoms with Crippen LogP contribution in [0.25, 0.3) is 0 Å². The molecule has 0 saturated carbocycles. The normalized spacial score (nSPS) is 18.9. The molecule has 3 N–H and O–H groups in total. The van der Waals surface area contributed by atoms with Crippen LogP contribution in [-0.2, 0) is 16.4 Å². The van der Waals surface area contributed by atoms with Gasteiger partial charge < -0.3 is 10.5 Å². The Balaban J connectivity index is 2.11. The lowest BCUT2D eigenvalue weighted by molar-refractivity contribution is 0.286. The second-order valence-corrected chi connectivity index (χ2v) is 7.53. The molecule has 0 aliphatic carbocycles. The number of nitrogens with one attached hydrogen (secondary N) is 1. The maximum Gasteiger partial charge on any atom is 0.151 e. The molecular formula is C14H21N3O3S. The molecule has 116 valence electrons. The largest absolute Gasteiger partial charge is 0.496 e. The molecule has 1 saturated heterocycles. The third-order valence-corrected chi connectivity index (χ3v) is 5.33. The van der Waals surface area contributed by atoms with Gasteiger partial charge in [0.15, 0.2) is 9.84 Å². The van der Waals surface area contributed by atoms with Gasteiger partial charge >= 0.3 is 0 Å². The molecule has 0 radical (unpaired) electrons. The predicted octanol–water partition coefficient (Wildman–Crippen LogP) is 0.600. The quantitative estimate of drug-likeness (QED) is 0.627. The van der Waals surface area contributed by atoms with E-state index in [0.717, 1.165) is 12.1 Å². The van der Waals surface area contributed by atoms with Gasteiger partial charge in [-0.1, -0.05) is 6.07 Å². The zero-order valence-electron chi connectivity index (χ0n) is 12.1. The molecule has 7 heteroatoms. The summed E-state index contributed by atoms with van der Waals surface area (Å²) in [7, 11) is -1.34. The van der Waals surface area contributed by atoms with Gasteiger partial charge in [-0.15, -0.1) is 0 Å². The van der Waals surface area contributed by atoms with Crippen LogP contribution >= 0.6 is 0 Å². The highest BCUT2D eigenvalue weighted by atomic mass is 32.2. The first-order chi connectivity index (χ1) is 9.91. The number of hydrogen-bond acceptors (Lipinski definition) is 5. The standard InChI is InChI=1S/C14H21N3O3S/c1-20-13-9-11(3-4-12(13)14(15)16)10-17-5-2-7-21(18,19)8-6-17/h3-4,9H,2,5-8,10H2,1H3,(H3,15,16). The lowest BCUT2D eigenvalue weighted by atomic mass is 10.1. The molecule has 2 rings (SSSR count). The molecule has 0 aromatic heterocycles. The molecule has 0 atom stereocenters. The first-order valence-corrected chi connectivity index (χ1v) is 8.67. The van der Waals surface area contributed by atoms with Gasteiger partial charge in [0.25, 0.3) is 0 Å². The van der Waals surface area contributed by atoms with Crippen LogP contribution in [0.1, 0.15) is 17.5 Å². The SMILES string of the molecule is COc1cc(CN2CCCS(=O)(=O)CC2)ccc1C(=N)N. The smallest absolute Gasteiger partial charge is 0.151 e. The number of rotatable bonds is 4. The lowest BCUT2D eigenvalue weighted by Gasteiger charge is -2.20. The van der Waals surface area contributed by atoms with Crippen molar-refractivity contribution in [2.24, 2.45) is 5.73 Å². The zero-order valence-corrected chi connectivity index (χ0v) is 12.9. The summed E-state index contributed by atoms with van der Waals surface area (Å²) >= 11 is 0. The van der Waals surface area contributed by atoms with Crippen molar-refractivity contribution in [1.82, 2.24) is 4.90 Å². The Morgan fingerprint density at radius 2 is 2.14 bits per heavy atom. The van der Waals surface area contributed by atoms with Crippen LogP contribution in [0.3, 0.4) is 0 Å². The van der Waals surface area contributed by atoms with E-state index in [1.54, 1.807) is 13.2 Å². The summed E-state index contributed by atoms with van der Waals surface area (Å²) < 4.78 is 28.5. The minimum absolute atomic E-state index is 0.0285. The number of nitrogen functional groups attached to an aromatic ring is 1. The third-order valence-electron chi connectivity index (χ3n) is 3.61. The van der Waals surface area contributed by atoms with Crippen molar-refractivity contribution in [3.63, 3.8) is 0 Å². The first kappa shape index (κ1) is 15.8. The van der Waals surface area contributed by atoms with Gasteiger partial charge in [0, 0.05) is 13.1 Å². The number of amidine groups is 1. The van der Waals surface area contributed by atoms with Gasteiger partial charge in [-0.3, -0.25) is 10.3 Å². The molecule has 1 aromatic rings. The summed E-state index contributed by atoms with van der Waals surface area (Å²) in [6.45, 7) is 2.00. The number of sulfone groups is 1. The summed E-state index contributed by atoms with van der Waals surface area (Å²) in [5, 5.41) is 7.50. The van der Waals surface area contributed by atoms with Crippen molar-refractivity contribution in [3.05, 3.63) is 29.3 Å². The zero-order chi connectivity index (χ0) is 15.5. The van der Waals surface area contributed by atoms with Gasteiger partial charge in [-0.25, -0.2) is 8.42 Å². The van der Waals surface area contributed by atoms with Crippen molar-refractivity contribution in [2.45, 2.75) is 13.0 Å². The van der Waals surface area contributed by atoms with Crippen molar-refractivity contribution in [2.75, 3.05) is 31.7 Å². The molecule has 0 spiro atoms. The second kappa shape index (κ2) is 6.44. The average molecular weight is 311 g/mol. The monoisotopic (exact) mass is 311 g/mol. The maximum atomic E-state index is 11.6. The Morgan fingerprint density at radius 3 is 2.81 bits per heavy atom. The van der Waals surface area contributed by atoms with Crippen LogP contribution in [0.15, 0.2) is 18.2 Å². The number of benzene rings is 1. The van der Waals surface area contributed by atoms with Crippen molar-refractivity contribution in [1.29, 1.82) is 5.41 Å². The van der Waals surface area contributed by atoms with Crippen LogP contribution in [0, 0.1) is 5.41 Å². The fourth-order valence-corrected chi connectivity index (χ4v) is 3.77.